The summed E-state index contributed by atoms with van der Waals surface area (Å²) in [5.41, 5.74) is 2.15. The van der Waals surface area contributed by atoms with Crippen LogP contribution >= 0.6 is 0 Å². The first-order chi connectivity index (χ1) is 20.7. The van der Waals surface area contributed by atoms with E-state index in [9.17, 15) is 4.79 Å². The number of rotatable bonds is 7. The van der Waals surface area contributed by atoms with Gasteiger partial charge in [-0.25, -0.2) is 0 Å². The zero-order valence-electron chi connectivity index (χ0n) is 32.8. The maximum absolute atomic E-state index is 14.4. The quantitative estimate of drug-likeness (QED) is 0.197. The molecule has 5 rings (SSSR count). The van der Waals surface area contributed by atoms with E-state index in [1.807, 2.05) is 0 Å². The summed E-state index contributed by atoms with van der Waals surface area (Å²) >= 11 is 0. The summed E-state index contributed by atoms with van der Waals surface area (Å²) in [6.45, 7) is 36.9. The molecule has 4 saturated carbocycles. The molecule has 46 heavy (non-hydrogen) atoms. The lowest BCUT2D eigenvalue weighted by molar-refractivity contribution is -0.203. The van der Waals surface area contributed by atoms with Crippen molar-refractivity contribution in [2.45, 2.75) is 171 Å². The van der Waals surface area contributed by atoms with Gasteiger partial charge in [-0.15, -0.1) is 0 Å². The molecule has 5 aliphatic carbocycles. The molecule has 5 aliphatic rings. The molecule has 0 N–H and O–H groups in total. The van der Waals surface area contributed by atoms with Crippen LogP contribution in [0.25, 0.3) is 0 Å². The van der Waals surface area contributed by atoms with Crippen LogP contribution in [0.4, 0.5) is 0 Å². The molecular formula is C39H72O4Si3. The Hall–Kier alpha value is -0.219. The Morgan fingerprint density at radius 2 is 1.39 bits per heavy atom. The molecule has 264 valence electrons. The maximum atomic E-state index is 14.4. The molecule has 0 aliphatic heterocycles. The van der Waals surface area contributed by atoms with Crippen LogP contribution in [-0.2, 0) is 18.1 Å². The molecule has 0 amide bonds. The lowest BCUT2D eigenvalue weighted by Crippen LogP contribution is -2.65. The molecule has 0 aromatic carbocycles. The van der Waals surface area contributed by atoms with Gasteiger partial charge >= 0.3 is 0 Å². The Labute approximate surface area is 287 Å². The van der Waals surface area contributed by atoms with Gasteiger partial charge in [-0.2, -0.15) is 0 Å². The summed E-state index contributed by atoms with van der Waals surface area (Å²) in [6.07, 6.45) is 14.4. The Bertz CT molecular complexity index is 1220. The summed E-state index contributed by atoms with van der Waals surface area (Å²) in [7, 11) is -5.31. The van der Waals surface area contributed by atoms with Gasteiger partial charge < -0.3 is 13.3 Å². The minimum Gasteiger partial charge on any atom is -0.519 e. The summed E-state index contributed by atoms with van der Waals surface area (Å²) in [4.78, 5) is 14.4. The largest absolute Gasteiger partial charge is 0.519 e. The van der Waals surface area contributed by atoms with Crippen LogP contribution in [0.15, 0.2) is 11.6 Å². The molecule has 0 heterocycles. The van der Waals surface area contributed by atoms with Crippen molar-refractivity contribution in [1.82, 2.24) is 0 Å². The van der Waals surface area contributed by atoms with Crippen LogP contribution < -0.4 is 0 Å². The molecule has 4 fully saturated rings. The Morgan fingerprint density at radius 3 is 1.98 bits per heavy atom. The molecule has 0 aromatic heterocycles. The molecule has 0 bridgehead atoms. The SMILES string of the molecule is CC1(C)[C@@H](O[Si](C)(C)C)CC[C@]2(C)[C@H]3CC=C4[C@@H]5C[C@@](C)(CO[Si](C)(C)C)CC[C@]5(C(=O)O[Si](C)(C)C)CC[C@@]4(C)[C@]3(C)CC[C@@H]12. The highest BCUT2D eigenvalue weighted by Gasteiger charge is 2.70. The van der Waals surface area contributed by atoms with Gasteiger partial charge in [-0.1, -0.05) is 53.2 Å². The predicted molar refractivity (Wildman–Crippen MR) is 200 cm³/mol. The van der Waals surface area contributed by atoms with Crippen molar-refractivity contribution in [3.8, 4) is 0 Å². The van der Waals surface area contributed by atoms with E-state index in [2.05, 4.69) is 107 Å². The lowest BCUT2D eigenvalue weighted by atomic mass is 9.33. The fourth-order valence-electron chi connectivity index (χ4n) is 12.0. The molecular weight excluding hydrogens is 617 g/mol. The third kappa shape index (κ3) is 6.19. The van der Waals surface area contributed by atoms with Gasteiger partial charge in [0.15, 0.2) is 16.6 Å². The van der Waals surface area contributed by atoms with E-state index >= 15 is 0 Å². The van der Waals surface area contributed by atoms with E-state index in [1.165, 1.54) is 25.7 Å². The monoisotopic (exact) mass is 688 g/mol. The number of hydrogen-bond acceptors (Lipinski definition) is 4. The third-order valence-corrected chi connectivity index (χ3v) is 17.4. The first kappa shape index (κ1) is 37.0. The summed E-state index contributed by atoms with van der Waals surface area (Å²) in [5, 5.41) is 0. The molecule has 9 atom stereocenters. The maximum Gasteiger partial charge on any atom is 0.299 e. The number of carbonyl (C=O) groups excluding carboxylic acids is 1. The van der Waals surface area contributed by atoms with Crippen molar-refractivity contribution in [3.05, 3.63) is 11.6 Å². The normalized spacial score (nSPS) is 44.2. The van der Waals surface area contributed by atoms with Crippen LogP contribution in [-0.4, -0.2) is 43.6 Å². The van der Waals surface area contributed by atoms with E-state index in [1.54, 1.807) is 5.57 Å². The number of hydrogen-bond donors (Lipinski definition) is 0. The first-order valence-electron chi connectivity index (χ1n) is 19.0. The van der Waals surface area contributed by atoms with Crippen molar-refractivity contribution in [3.63, 3.8) is 0 Å². The number of carbonyl (C=O) groups is 1. The van der Waals surface area contributed by atoms with Gasteiger partial charge in [-0.3, -0.25) is 4.79 Å². The van der Waals surface area contributed by atoms with Crippen LogP contribution in [0.1, 0.15) is 106 Å². The number of allylic oxidation sites excluding steroid dienone is 2. The standard InChI is InChI=1S/C39H72O4Si3/c1-34(2)30-18-21-38(6)31(36(30,4)20-19-32(34)42-45(10,11)12)17-16-28-29-26-35(3,27-41-44(7,8)9)22-24-39(29,25-23-37(28,38)5)33(40)43-46(13,14)15/h16,29-32H,17-27H2,1-15H3/t29-,30-,31+,32-,35-,36-,37+,38+,39-/m0/s1. The van der Waals surface area contributed by atoms with Gasteiger partial charge in [-0.05, 0) is 168 Å². The zero-order chi connectivity index (χ0) is 34.6. The van der Waals surface area contributed by atoms with E-state index in [4.69, 9.17) is 13.3 Å². The van der Waals surface area contributed by atoms with Crippen LogP contribution in [0.2, 0.25) is 58.9 Å². The Morgan fingerprint density at radius 1 is 0.761 bits per heavy atom. The molecule has 0 saturated heterocycles. The fourth-order valence-corrected chi connectivity index (χ4v) is 14.8. The van der Waals surface area contributed by atoms with E-state index in [0.717, 1.165) is 45.1 Å². The molecule has 0 spiro atoms. The second-order valence-electron chi connectivity index (χ2n) is 21.5. The summed E-state index contributed by atoms with van der Waals surface area (Å²) in [6, 6.07) is 0. The topological polar surface area (TPSA) is 44.8 Å². The molecule has 4 nitrogen and oxygen atoms in total. The van der Waals surface area contributed by atoms with Crippen molar-refractivity contribution in [2.24, 2.45) is 50.2 Å². The van der Waals surface area contributed by atoms with Crippen molar-refractivity contribution in [2.75, 3.05) is 6.61 Å². The summed E-state index contributed by atoms with van der Waals surface area (Å²) in [5.74, 6) is 1.71. The van der Waals surface area contributed by atoms with Crippen LogP contribution in [0.3, 0.4) is 0 Å². The second-order valence-corrected chi connectivity index (χ2v) is 34.9. The average Bonchev–Trinajstić information content (AvgIpc) is 2.88. The van der Waals surface area contributed by atoms with Crippen molar-refractivity contribution in [1.29, 1.82) is 0 Å². The molecule has 7 heteroatoms. The predicted octanol–water partition coefficient (Wildman–Crippen LogP) is 11.2. The zero-order valence-corrected chi connectivity index (χ0v) is 35.8. The number of fused-ring (bicyclic) bond motifs is 7. The van der Waals surface area contributed by atoms with Crippen LogP contribution in [0, 0.1) is 50.2 Å². The highest BCUT2D eigenvalue weighted by molar-refractivity contribution is 6.71. The van der Waals surface area contributed by atoms with Gasteiger partial charge in [0.25, 0.3) is 5.97 Å². The second kappa shape index (κ2) is 11.4. The highest BCUT2D eigenvalue weighted by atomic mass is 28.4. The van der Waals surface area contributed by atoms with Gasteiger partial charge in [0, 0.05) is 6.61 Å². The summed E-state index contributed by atoms with van der Waals surface area (Å²) < 4.78 is 20.0. The van der Waals surface area contributed by atoms with Crippen molar-refractivity contribution < 1.29 is 18.1 Å². The Kier molecular flexibility index (Phi) is 9.18. The van der Waals surface area contributed by atoms with E-state index in [0.29, 0.717) is 23.4 Å². The van der Waals surface area contributed by atoms with Crippen LogP contribution in [0.5, 0.6) is 0 Å². The van der Waals surface area contributed by atoms with Gasteiger partial charge in [0.2, 0.25) is 8.32 Å². The molecule has 0 radical (unpaired) electrons. The third-order valence-electron chi connectivity index (χ3n) is 14.6. The Balaban J connectivity index is 1.54. The first-order valence-corrected chi connectivity index (χ1v) is 29.2. The minimum absolute atomic E-state index is 0.0904. The molecule has 0 aromatic rings. The van der Waals surface area contributed by atoms with E-state index < -0.39 is 25.0 Å². The van der Waals surface area contributed by atoms with E-state index in [-0.39, 0.29) is 39.0 Å². The highest BCUT2D eigenvalue weighted by Crippen LogP contribution is 2.76. The van der Waals surface area contributed by atoms with Crippen molar-refractivity contribution >= 4 is 30.9 Å². The average molecular weight is 689 g/mol. The fraction of sp³-hybridized carbons (Fsp3) is 0.923. The van der Waals surface area contributed by atoms with Gasteiger partial charge in [0.1, 0.15) is 0 Å². The smallest absolute Gasteiger partial charge is 0.299 e. The molecule has 0 unspecified atom stereocenters. The minimum atomic E-state index is -2.03. The lowest BCUT2D eigenvalue weighted by Gasteiger charge is -2.71. The van der Waals surface area contributed by atoms with Gasteiger partial charge in [0.05, 0.1) is 11.5 Å².